The quantitative estimate of drug-likeness (QED) is 0.877. The summed E-state index contributed by atoms with van der Waals surface area (Å²) in [6.07, 6.45) is 0. The lowest BCUT2D eigenvalue weighted by atomic mass is 9.90. The van der Waals surface area contributed by atoms with Gasteiger partial charge in [-0.1, -0.05) is 35.4 Å². The molecule has 0 fully saturated rings. The average Bonchev–Trinajstić information content (AvgIpc) is 2.88. The molecule has 3 heteroatoms. The number of aryl methyl sites for hydroxylation is 2. The van der Waals surface area contributed by atoms with Crippen molar-refractivity contribution in [3.63, 3.8) is 0 Å². The van der Waals surface area contributed by atoms with Gasteiger partial charge in [0, 0.05) is 11.4 Å². The molecule has 1 atom stereocenters. The molecule has 1 unspecified atom stereocenters. The van der Waals surface area contributed by atoms with Crippen molar-refractivity contribution in [2.75, 3.05) is 6.61 Å². The molecule has 2 rings (SSSR count). The summed E-state index contributed by atoms with van der Waals surface area (Å²) in [5.41, 5.74) is 3.20. The van der Waals surface area contributed by atoms with Crippen molar-refractivity contribution in [1.29, 1.82) is 0 Å². The zero-order valence-electron chi connectivity index (χ0n) is 11.7. The summed E-state index contributed by atoms with van der Waals surface area (Å²) in [6.45, 7) is 7.10. The van der Waals surface area contributed by atoms with E-state index in [9.17, 15) is 5.11 Å². The highest BCUT2D eigenvalue weighted by Crippen LogP contribution is 2.24. The van der Waals surface area contributed by atoms with E-state index in [-0.39, 0.29) is 6.61 Å². The normalized spacial score (nSPS) is 14.3. The molecule has 0 aliphatic carbocycles. The van der Waals surface area contributed by atoms with Gasteiger partial charge in [-0.05, 0) is 37.8 Å². The SMILES string of the molecule is Cc1cc(C)cc(C(C)(CO)NCc2cccs2)c1. The van der Waals surface area contributed by atoms with Gasteiger partial charge in [0.05, 0.1) is 12.1 Å². The van der Waals surface area contributed by atoms with Crippen LogP contribution in [-0.2, 0) is 12.1 Å². The molecule has 0 spiro atoms. The summed E-state index contributed by atoms with van der Waals surface area (Å²) in [5, 5.41) is 15.3. The number of benzene rings is 1. The Balaban J connectivity index is 2.20. The van der Waals surface area contributed by atoms with Crippen LogP contribution >= 0.6 is 11.3 Å². The van der Waals surface area contributed by atoms with Crippen LogP contribution in [0.1, 0.15) is 28.5 Å². The maximum Gasteiger partial charge on any atom is 0.0652 e. The number of thiophene rings is 1. The first-order valence-corrected chi connectivity index (χ1v) is 7.38. The predicted octanol–water partition coefficient (Wildman–Crippen LogP) is 3.36. The molecule has 1 aromatic carbocycles. The minimum Gasteiger partial charge on any atom is -0.394 e. The second kappa shape index (κ2) is 5.87. The summed E-state index contributed by atoms with van der Waals surface area (Å²) >= 11 is 1.73. The first-order chi connectivity index (χ1) is 9.03. The molecule has 0 bridgehead atoms. The third-order valence-electron chi connectivity index (χ3n) is 3.41. The van der Waals surface area contributed by atoms with Crippen molar-refractivity contribution < 1.29 is 5.11 Å². The Bertz CT molecular complexity index is 515. The molecule has 19 heavy (non-hydrogen) atoms. The number of hydrogen-bond donors (Lipinski definition) is 2. The van der Waals surface area contributed by atoms with Crippen LogP contribution in [-0.4, -0.2) is 11.7 Å². The van der Waals surface area contributed by atoms with Crippen LogP contribution in [0.4, 0.5) is 0 Å². The third-order valence-corrected chi connectivity index (χ3v) is 4.28. The van der Waals surface area contributed by atoms with Crippen LogP contribution in [0, 0.1) is 13.8 Å². The summed E-state index contributed by atoms with van der Waals surface area (Å²) in [4.78, 5) is 1.28. The minimum absolute atomic E-state index is 0.0846. The van der Waals surface area contributed by atoms with E-state index in [1.165, 1.54) is 16.0 Å². The van der Waals surface area contributed by atoms with Crippen molar-refractivity contribution in [2.24, 2.45) is 0 Å². The van der Waals surface area contributed by atoms with Crippen LogP contribution in [0.2, 0.25) is 0 Å². The van der Waals surface area contributed by atoms with E-state index in [1.54, 1.807) is 11.3 Å². The van der Waals surface area contributed by atoms with Gasteiger partial charge in [-0.3, -0.25) is 0 Å². The second-order valence-electron chi connectivity index (χ2n) is 5.30. The lowest BCUT2D eigenvalue weighted by Crippen LogP contribution is -2.42. The summed E-state index contributed by atoms with van der Waals surface area (Å²) < 4.78 is 0. The Labute approximate surface area is 119 Å². The van der Waals surface area contributed by atoms with E-state index in [2.05, 4.69) is 61.8 Å². The van der Waals surface area contributed by atoms with Crippen LogP contribution in [0.15, 0.2) is 35.7 Å². The van der Waals surface area contributed by atoms with Gasteiger partial charge < -0.3 is 10.4 Å². The minimum atomic E-state index is -0.402. The molecule has 0 aliphatic heterocycles. The highest BCUT2D eigenvalue weighted by Gasteiger charge is 2.25. The first-order valence-electron chi connectivity index (χ1n) is 6.50. The van der Waals surface area contributed by atoms with E-state index in [0.717, 1.165) is 12.1 Å². The van der Waals surface area contributed by atoms with E-state index >= 15 is 0 Å². The predicted molar refractivity (Wildman–Crippen MR) is 81.5 cm³/mol. The average molecular weight is 275 g/mol. The molecule has 0 aliphatic rings. The number of nitrogens with one attached hydrogen (secondary N) is 1. The van der Waals surface area contributed by atoms with Gasteiger partial charge in [0.15, 0.2) is 0 Å². The maximum absolute atomic E-state index is 9.79. The standard InChI is InChI=1S/C16H21NOS/c1-12-7-13(2)9-14(8-12)16(3,11-18)17-10-15-5-4-6-19-15/h4-9,17-18H,10-11H2,1-3H3. The molecule has 0 saturated carbocycles. The number of rotatable bonds is 5. The van der Waals surface area contributed by atoms with Crippen molar-refractivity contribution in [2.45, 2.75) is 32.9 Å². The first kappa shape index (κ1) is 14.3. The fourth-order valence-electron chi connectivity index (χ4n) is 2.24. The van der Waals surface area contributed by atoms with Gasteiger partial charge in [-0.2, -0.15) is 0 Å². The molecule has 2 aromatic rings. The highest BCUT2D eigenvalue weighted by atomic mass is 32.1. The Morgan fingerprint density at radius 3 is 2.42 bits per heavy atom. The lowest BCUT2D eigenvalue weighted by molar-refractivity contribution is 0.174. The van der Waals surface area contributed by atoms with Crippen LogP contribution < -0.4 is 5.32 Å². The zero-order valence-corrected chi connectivity index (χ0v) is 12.6. The van der Waals surface area contributed by atoms with Gasteiger partial charge in [0.25, 0.3) is 0 Å². The Hall–Kier alpha value is -1.16. The van der Waals surface area contributed by atoms with Crippen molar-refractivity contribution in [3.8, 4) is 0 Å². The number of aliphatic hydroxyl groups is 1. The summed E-state index contributed by atoms with van der Waals surface area (Å²) in [7, 11) is 0. The maximum atomic E-state index is 9.79. The molecule has 1 heterocycles. The topological polar surface area (TPSA) is 32.3 Å². The second-order valence-corrected chi connectivity index (χ2v) is 6.33. The fourth-order valence-corrected chi connectivity index (χ4v) is 2.88. The molecule has 0 saturated heterocycles. The summed E-state index contributed by atoms with van der Waals surface area (Å²) in [6, 6.07) is 10.6. The van der Waals surface area contributed by atoms with Gasteiger partial charge in [0.1, 0.15) is 0 Å². The fraction of sp³-hybridized carbons (Fsp3) is 0.375. The molecule has 2 nitrogen and oxygen atoms in total. The molecule has 1 aromatic heterocycles. The number of hydrogen-bond acceptors (Lipinski definition) is 3. The largest absolute Gasteiger partial charge is 0.394 e. The van der Waals surface area contributed by atoms with E-state index in [1.807, 2.05) is 0 Å². The Morgan fingerprint density at radius 2 is 1.89 bits per heavy atom. The van der Waals surface area contributed by atoms with Gasteiger partial charge in [-0.15, -0.1) is 11.3 Å². The molecule has 102 valence electrons. The van der Waals surface area contributed by atoms with Crippen LogP contribution in [0.25, 0.3) is 0 Å². The van der Waals surface area contributed by atoms with E-state index in [0.29, 0.717) is 0 Å². The Kier molecular flexibility index (Phi) is 4.40. The monoisotopic (exact) mass is 275 g/mol. The summed E-state index contributed by atoms with van der Waals surface area (Å²) in [5.74, 6) is 0. The van der Waals surface area contributed by atoms with Gasteiger partial charge >= 0.3 is 0 Å². The lowest BCUT2D eigenvalue weighted by Gasteiger charge is -2.30. The molecular weight excluding hydrogens is 254 g/mol. The van der Waals surface area contributed by atoms with E-state index in [4.69, 9.17) is 0 Å². The third kappa shape index (κ3) is 3.44. The zero-order chi connectivity index (χ0) is 13.9. The smallest absolute Gasteiger partial charge is 0.0652 e. The van der Waals surface area contributed by atoms with Crippen LogP contribution in [0.5, 0.6) is 0 Å². The molecule has 0 radical (unpaired) electrons. The highest BCUT2D eigenvalue weighted by molar-refractivity contribution is 7.09. The Morgan fingerprint density at radius 1 is 1.21 bits per heavy atom. The van der Waals surface area contributed by atoms with E-state index < -0.39 is 5.54 Å². The van der Waals surface area contributed by atoms with Gasteiger partial charge in [-0.25, -0.2) is 0 Å². The van der Waals surface area contributed by atoms with Crippen molar-refractivity contribution in [3.05, 3.63) is 57.3 Å². The molecule has 2 N–H and O–H groups in total. The van der Waals surface area contributed by atoms with Crippen molar-refractivity contribution >= 4 is 11.3 Å². The molecule has 0 amide bonds. The van der Waals surface area contributed by atoms with Crippen molar-refractivity contribution in [1.82, 2.24) is 5.32 Å². The molecular formula is C16H21NOS. The van der Waals surface area contributed by atoms with Crippen LogP contribution in [0.3, 0.4) is 0 Å². The van der Waals surface area contributed by atoms with Gasteiger partial charge in [0.2, 0.25) is 0 Å². The number of aliphatic hydroxyl groups excluding tert-OH is 1.